The molecule has 0 aliphatic carbocycles. The summed E-state index contributed by atoms with van der Waals surface area (Å²) in [6.07, 6.45) is 0. The van der Waals surface area contributed by atoms with E-state index >= 15 is 0 Å². The van der Waals surface area contributed by atoms with Crippen LogP contribution in [-0.4, -0.2) is 22.2 Å². The van der Waals surface area contributed by atoms with Crippen molar-refractivity contribution in [3.05, 3.63) is 83.9 Å². The lowest BCUT2D eigenvalue weighted by atomic mass is 9.98. The lowest BCUT2D eigenvalue weighted by molar-refractivity contribution is 0.101. The van der Waals surface area contributed by atoms with Crippen molar-refractivity contribution < 1.29 is 9.59 Å². The van der Waals surface area contributed by atoms with Crippen molar-refractivity contribution in [1.82, 2.24) is 0 Å². The van der Waals surface area contributed by atoms with Crippen LogP contribution in [0.3, 0.4) is 0 Å². The second-order valence-corrected chi connectivity index (χ2v) is 6.97. The minimum atomic E-state index is 0.0775. The Morgan fingerprint density at radius 1 is 0.500 bits per heavy atom. The average Bonchev–Trinajstić information content (AvgIpc) is 2.73. The zero-order valence-electron chi connectivity index (χ0n) is 13.9. The van der Waals surface area contributed by atoms with Crippen molar-refractivity contribution >= 4 is 43.4 Å². The molecular formula is C22H16Br2O2. The third-order valence-corrected chi connectivity index (χ3v) is 5.23. The first kappa shape index (κ1) is 18.7. The van der Waals surface area contributed by atoms with Gasteiger partial charge >= 0.3 is 0 Å². The van der Waals surface area contributed by atoms with Crippen molar-refractivity contribution in [2.75, 3.05) is 10.7 Å². The lowest BCUT2D eigenvalue weighted by Crippen LogP contribution is -1.99. The largest absolute Gasteiger partial charge is 0.293 e. The molecule has 0 aromatic heterocycles. The molecule has 26 heavy (non-hydrogen) atoms. The molecule has 0 radical (unpaired) electrons. The normalized spacial score (nSPS) is 10.5. The van der Waals surface area contributed by atoms with Crippen molar-refractivity contribution in [2.45, 2.75) is 0 Å². The molecule has 4 heteroatoms. The zero-order valence-corrected chi connectivity index (χ0v) is 17.1. The fraction of sp³-hybridized carbons (Fsp3) is 0.0909. The summed E-state index contributed by atoms with van der Waals surface area (Å²) < 4.78 is 0. The van der Waals surface area contributed by atoms with E-state index in [0.717, 1.165) is 22.3 Å². The Labute approximate surface area is 169 Å². The van der Waals surface area contributed by atoms with Gasteiger partial charge in [0, 0.05) is 11.1 Å². The number of hydrogen-bond donors (Lipinski definition) is 0. The molecule has 0 aliphatic heterocycles. The second-order valence-electron chi connectivity index (χ2n) is 5.85. The molecule has 0 saturated carbocycles. The van der Waals surface area contributed by atoms with Crippen LogP contribution in [0.15, 0.2) is 72.8 Å². The van der Waals surface area contributed by atoms with Gasteiger partial charge < -0.3 is 0 Å². The van der Waals surface area contributed by atoms with E-state index in [1.165, 1.54) is 0 Å². The zero-order chi connectivity index (χ0) is 18.5. The minimum Gasteiger partial charge on any atom is -0.293 e. The van der Waals surface area contributed by atoms with Crippen molar-refractivity contribution in [1.29, 1.82) is 0 Å². The Morgan fingerprint density at radius 2 is 0.731 bits per heavy atom. The van der Waals surface area contributed by atoms with Gasteiger partial charge in [0.25, 0.3) is 0 Å². The number of Topliss-reactive ketones (excluding diaryl/α,β-unsaturated/α-hetero) is 2. The van der Waals surface area contributed by atoms with Gasteiger partial charge in [-0.25, -0.2) is 0 Å². The number of ketones is 2. The third kappa shape index (κ3) is 4.19. The first-order valence-corrected chi connectivity index (χ1v) is 10.4. The number of halogens is 2. The van der Waals surface area contributed by atoms with E-state index in [0.29, 0.717) is 21.8 Å². The van der Waals surface area contributed by atoms with Crippen LogP contribution in [-0.2, 0) is 0 Å². The molecule has 3 aromatic carbocycles. The summed E-state index contributed by atoms with van der Waals surface area (Å²) in [7, 11) is 0. The lowest BCUT2D eigenvalue weighted by Gasteiger charge is -2.07. The van der Waals surface area contributed by atoms with E-state index in [1.807, 2.05) is 48.5 Å². The van der Waals surface area contributed by atoms with Crippen molar-refractivity contribution in [2.24, 2.45) is 0 Å². The van der Waals surface area contributed by atoms with Crippen molar-refractivity contribution in [3.8, 4) is 22.3 Å². The van der Waals surface area contributed by atoms with E-state index in [4.69, 9.17) is 0 Å². The van der Waals surface area contributed by atoms with Crippen LogP contribution < -0.4 is 0 Å². The molecule has 0 bridgehead atoms. The summed E-state index contributed by atoms with van der Waals surface area (Å²) in [6, 6.07) is 23.5. The molecule has 0 atom stereocenters. The number of alkyl halides is 2. The van der Waals surface area contributed by atoms with Crippen LogP contribution in [0.5, 0.6) is 0 Å². The van der Waals surface area contributed by atoms with Gasteiger partial charge in [0.05, 0.1) is 10.7 Å². The summed E-state index contributed by atoms with van der Waals surface area (Å²) in [5, 5.41) is 0.669. The molecule has 0 unspecified atom stereocenters. The summed E-state index contributed by atoms with van der Waals surface area (Å²) in [5.41, 5.74) is 5.75. The highest BCUT2D eigenvalue weighted by Gasteiger charge is 2.06. The van der Waals surface area contributed by atoms with Crippen LogP contribution in [0.25, 0.3) is 22.3 Å². The first-order chi connectivity index (χ1) is 12.6. The minimum absolute atomic E-state index is 0.0775. The molecule has 0 amide bonds. The van der Waals surface area contributed by atoms with Gasteiger partial charge in [0.15, 0.2) is 11.6 Å². The van der Waals surface area contributed by atoms with Gasteiger partial charge in [-0.3, -0.25) is 9.59 Å². The maximum absolute atomic E-state index is 11.7. The SMILES string of the molecule is O=C(CBr)c1ccc(-c2ccc(-c3ccc(C(=O)CBr)cc3)cc2)cc1. The predicted molar refractivity (Wildman–Crippen MR) is 114 cm³/mol. The highest BCUT2D eigenvalue weighted by atomic mass is 79.9. The molecule has 2 nitrogen and oxygen atoms in total. The van der Waals surface area contributed by atoms with Gasteiger partial charge in [-0.1, -0.05) is 105 Å². The number of hydrogen-bond acceptors (Lipinski definition) is 2. The van der Waals surface area contributed by atoms with Crippen LogP contribution in [0.4, 0.5) is 0 Å². The Morgan fingerprint density at radius 3 is 0.962 bits per heavy atom. The van der Waals surface area contributed by atoms with Crippen LogP contribution >= 0.6 is 31.9 Å². The molecule has 3 rings (SSSR count). The summed E-state index contributed by atoms with van der Waals surface area (Å²) in [4.78, 5) is 23.4. The molecule has 3 aromatic rings. The van der Waals surface area contributed by atoms with Crippen LogP contribution in [0.2, 0.25) is 0 Å². The highest BCUT2D eigenvalue weighted by molar-refractivity contribution is 9.09. The number of carbonyl (C=O) groups is 2. The number of rotatable bonds is 6. The van der Waals surface area contributed by atoms with E-state index in [1.54, 1.807) is 0 Å². The number of carbonyl (C=O) groups excluding carboxylic acids is 2. The van der Waals surface area contributed by atoms with E-state index in [-0.39, 0.29) is 11.6 Å². The molecule has 0 N–H and O–H groups in total. The van der Waals surface area contributed by atoms with E-state index in [2.05, 4.69) is 56.1 Å². The van der Waals surface area contributed by atoms with Gasteiger partial charge in [0.1, 0.15) is 0 Å². The third-order valence-electron chi connectivity index (χ3n) is 4.21. The van der Waals surface area contributed by atoms with Crippen LogP contribution in [0, 0.1) is 0 Å². The quantitative estimate of drug-likeness (QED) is 0.318. The Balaban J connectivity index is 1.80. The predicted octanol–water partition coefficient (Wildman–Crippen LogP) is 6.18. The summed E-state index contributed by atoms with van der Waals surface area (Å²) >= 11 is 6.38. The van der Waals surface area contributed by atoms with Crippen molar-refractivity contribution in [3.63, 3.8) is 0 Å². The Kier molecular flexibility index (Phi) is 6.17. The molecule has 0 heterocycles. The molecule has 0 fully saturated rings. The monoisotopic (exact) mass is 470 g/mol. The molecule has 0 spiro atoms. The smallest absolute Gasteiger partial charge is 0.173 e. The standard InChI is InChI=1S/C22H16Br2O2/c23-13-21(25)19-9-5-17(6-10-19)15-1-2-16(4-3-15)18-7-11-20(12-8-18)22(26)14-24/h1-12H,13-14H2. The summed E-state index contributed by atoms with van der Waals surface area (Å²) in [5.74, 6) is 0.155. The average molecular weight is 472 g/mol. The molecule has 0 aliphatic rings. The maximum atomic E-state index is 11.7. The fourth-order valence-electron chi connectivity index (χ4n) is 2.71. The maximum Gasteiger partial charge on any atom is 0.173 e. The Hall–Kier alpha value is -2.04. The molecular weight excluding hydrogens is 456 g/mol. The van der Waals surface area contributed by atoms with Gasteiger partial charge in [-0.05, 0) is 22.3 Å². The highest BCUT2D eigenvalue weighted by Crippen LogP contribution is 2.25. The van der Waals surface area contributed by atoms with Crippen LogP contribution in [0.1, 0.15) is 20.7 Å². The van der Waals surface area contributed by atoms with Gasteiger partial charge in [0.2, 0.25) is 0 Å². The van der Waals surface area contributed by atoms with E-state index in [9.17, 15) is 9.59 Å². The fourth-order valence-corrected chi connectivity index (χ4v) is 3.35. The first-order valence-electron chi connectivity index (χ1n) is 8.11. The molecule has 130 valence electrons. The molecule has 0 saturated heterocycles. The van der Waals surface area contributed by atoms with Gasteiger partial charge in [-0.15, -0.1) is 0 Å². The van der Waals surface area contributed by atoms with Gasteiger partial charge in [-0.2, -0.15) is 0 Å². The number of benzene rings is 3. The Bertz CT molecular complexity index is 833. The topological polar surface area (TPSA) is 34.1 Å². The summed E-state index contributed by atoms with van der Waals surface area (Å²) in [6.45, 7) is 0. The van der Waals surface area contributed by atoms with E-state index < -0.39 is 0 Å². The second kappa shape index (κ2) is 8.56.